The fourth-order valence-corrected chi connectivity index (χ4v) is 4.48. The summed E-state index contributed by atoms with van der Waals surface area (Å²) in [6, 6.07) is 11.0. The Labute approximate surface area is 177 Å². The molecular weight excluding hydrogens is 376 g/mol. The topological polar surface area (TPSA) is 70.2 Å². The number of aromatic nitrogens is 2. The summed E-state index contributed by atoms with van der Waals surface area (Å²) < 4.78 is 5.56. The van der Waals surface area contributed by atoms with Gasteiger partial charge in [-0.1, -0.05) is 12.1 Å². The molecule has 0 unspecified atom stereocenters. The molecule has 2 aromatic heterocycles. The lowest BCUT2D eigenvalue weighted by Crippen LogP contribution is -2.39. The van der Waals surface area contributed by atoms with Crippen LogP contribution in [0.15, 0.2) is 41.3 Å². The maximum Gasteiger partial charge on any atom is 0.253 e. The van der Waals surface area contributed by atoms with Gasteiger partial charge in [0, 0.05) is 66.3 Å². The predicted molar refractivity (Wildman–Crippen MR) is 122 cm³/mol. The van der Waals surface area contributed by atoms with Gasteiger partial charge in [0.15, 0.2) is 0 Å². The van der Waals surface area contributed by atoms with Gasteiger partial charge in [-0.05, 0) is 57.4 Å². The number of fused-ring (bicyclic) bond motifs is 1. The highest BCUT2D eigenvalue weighted by Gasteiger charge is 2.22. The number of aromatic amines is 1. The van der Waals surface area contributed by atoms with Crippen molar-refractivity contribution in [1.82, 2.24) is 9.97 Å². The van der Waals surface area contributed by atoms with Crippen LogP contribution in [0.3, 0.4) is 0 Å². The molecule has 1 saturated heterocycles. The quantitative estimate of drug-likeness (QED) is 0.643. The molecule has 0 atom stereocenters. The highest BCUT2D eigenvalue weighted by molar-refractivity contribution is 6.00. The summed E-state index contributed by atoms with van der Waals surface area (Å²) in [7, 11) is 0. The van der Waals surface area contributed by atoms with E-state index in [0.717, 1.165) is 60.6 Å². The fourth-order valence-electron chi connectivity index (χ4n) is 4.48. The lowest BCUT2D eigenvalue weighted by molar-refractivity contribution is 0.0847. The van der Waals surface area contributed by atoms with E-state index in [0.29, 0.717) is 12.6 Å². The third-order valence-corrected chi connectivity index (χ3v) is 5.99. The number of hydrogen-bond donors (Lipinski definition) is 2. The first kappa shape index (κ1) is 20.4. The maximum absolute atomic E-state index is 12.4. The zero-order valence-corrected chi connectivity index (χ0v) is 18.0. The summed E-state index contributed by atoms with van der Waals surface area (Å²) in [5.41, 5.74) is 3.80. The molecular formula is C24H30N4O2. The van der Waals surface area contributed by atoms with Crippen LogP contribution < -0.4 is 15.8 Å². The molecule has 0 saturated carbocycles. The van der Waals surface area contributed by atoms with Gasteiger partial charge in [0.25, 0.3) is 5.56 Å². The summed E-state index contributed by atoms with van der Waals surface area (Å²) >= 11 is 0. The van der Waals surface area contributed by atoms with Crippen molar-refractivity contribution in [3.05, 3.63) is 63.7 Å². The summed E-state index contributed by atoms with van der Waals surface area (Å²) in [6.07, 6.45) is 3.95. The van der Waals surface area contributed by atoms with Crippen molar-refractivity contribution in [3.63, 3.8) is 0 Å². The minimum absolute atomic E-state index is 0.0439. The van der Waals surface area contributed by atoms with Crippen LogP contribution in [-0.4, -0.2) is 35.8 Å². The lowest BCUT2D eigenvalue weighted by Gasteiger charge is -2.36. The Hall–Kier alpha value is -2.86. The van der Waals surface area contributed by atoms with E-state index in [-0.39, 0.29) is 5.56 Å². The Morgan fingerprint density at radius 2 is 2.00 bits per heavy atom. The van der Waals surface area contributed by atoms with Gasteiger partial charge in [0.05, 0.1) is 0 Å². The van der Waals surface area contributed by atoms with Gasteiger partial charge >= 0.3 is 0 Å². The van der Waals surface area contributed by atoms with Crippen LogP contribution in [0.4, 0.5) is 11.5 Å². The second-order valence-corrected chi connectivity index (χ2v) is 7.96. The van der Waals surface area contributed by atoms with Gasteiger partial charge in [0.2, 0.25) is 0 Å². The Bertz CT molecular complexity index is 1090. The summed E-state index contributed by atoms with van der Waals surface area (Å²) in [6.45, 7) is 9.12. The van der Waals surface area contributed by atoms with E-state index in [2.05, 4.69) is 51.4 Å². The third-order valence-electron chi connectivity index (χ3n) is 5.99. The smallest absolute Gasteiger partial charge is 0.253 e. The number of nitrogens with zero attached hydrogens (tertiary/aromatic N) is 2. The molecule has 0 amide bonds. The number of H-pyrrole nitrogens is 1. The molecule has 6 heteroatoms. The Morgan fingerprint density at radius 1 is 1.20 bits per heavy atom. The molecule has 6 nitrogen and oxygen atoms in total. The Kier molecular flexibility index (Phi) is 6.04. The molecule has 0 spiro atoms. The Morgan fingerprint density at radius 3 is 2.73 bits per heavy atom. The lowest BCUT2D eigenvalue weighted by atomic mass is 10.0. The van der Waals surface area contributed by atoms with Crippen LogP contribution in [0.5, 0.6) is 0 Å². The number of rotatable bonds is 6. The van der Waals surface area contributed by atoms with Crippen molar-refractivity contribution in [2.75, 3.05) is 30.0 Å². The molecule has 0 bridgehead atoms. The van der Waals surface area contributed by atoms with Gasteiger partial charge < -0.3 is 19.9 Å². The van der Waals surface area contributed by atoms with E-state index in [4.69, 9.17) is 4.74 Å². The third kappa shape index (κ3) is 4.05. The number of anilines is 2. The van der Waals surface area contributed by atoms with E-state index in [1.807, 2.05) is 26.1 Å². The van der Waals surface area contributed by atoms with Crippen LogP contribution in [0.2, 0.25) is 0 Å². The van der Waals surface area contributed by atoms with E-state index in [1.54, 1.807) is 0 Å². The van der Waals surface area contributed by atoms with Crippen molar-refractivity contribution < 1.29 is 4.74 Å². The van der Waals surface area contributed by atoms with Crippen molar-refractivity contribution in [2.24, 2.45) is 0 Å². The normalized spacial score (nSPS) is 14.8. The molecule has 158 valence electrons. The van der Waals surface area contributed by atoms with E-state index < -0.39 is 0 Å². The first-order valence-electron chi connectivity index (χ1n) is 10.7. The summed E-state index contributed by atoms with van der Waals surface area (Å²) in [4.78, 5) is 22.3. The average Bonchev–Trinajstić information content (AvgIpc) is 2.74. The summed E-state index contributed by atoms with van der Waals surface area (Å²) in [5.74, 6) is 0.803. The molecule has 1 aliphatic rings. The molecule has 1 fully saturated rings. The number of hydrogen-bond acceptors (Lipinski definition) is 5. The molecule has 1 aromatic carbocycles. The summed E-state index contributed by atoms with van der Waals surface area (Å²) in [5, 5.41) is 5.65. The van der Waals surface area contributed by atoms with Crippen LogP contribution in [0.25, 0.3) is 10.8 Å². The molecule has 0 radical (unpaired) electrons. The zero-order chi connectivity index (χ0) is 21.1. The molecule has 4 rings (SSSR count). The standard InChI is InChI=1S/C24H30N4O2/c1-4-28(18-9-12-30-13-10-18)22-7-5-6-20-19(22)8-11-25-23(20)26-15-21-16(2)14-17(3)27-24(21)29/h5-8,11,14,18H,4,9-10,12-13,15H2,1-3H3,(H,25,26)(H,27,29). The number of aryl methyl sites for hydroxylation is 2. The van der Waals surface area contributed by atoms with Gasteiger partial charge in [-0.25, -0.2) is 4.98 Å². The van der Waals surface area contributed by atoms with Crippen molar-refractivity contribution in [1.29, 1.82) is 0 Å². The number of ether oxygens (including phenoxy) is 1. The van der Waals surface area contributed by atoms with Gasteiger partial charge in [-0.2, -0.15) is 0 Å². The maximum atomic E-state index is 12.4. The van der Waals surface area contributed by atoms with Crippen LogP contribution in [-0.2, 0) is 11.3 Å². The van der Waals surface area contributed by atoms with E-state index >= 15 is 0 Å². The van der Waals surface area contributed by atoms with E-state index in [1.165, 1.54) is 11.1 Å². The van der Waals surface area contributed by atoms with Crippen LogP contribution in [0, 0.1) is 13.8 Å². The largest absolute Gasteiger partial charge is 0.381 e. The monoisotopic (exact) mass is 406 g/mol. The van der Waals surface area contributed by atoms with Crippen LogP contribution >= 0.6 is 0 Å². The first-order chi connectivity index (χ1) is 14.6. The second kappa shape index (κ2) is 8.88. The number of pyridine rings is 2. The van der Waals surface area contributed by atoms with Crippen LogP contribution in [0.1, 0.15) is 36.6 Å². The zero-order valence-electron chi connectivity index (χ0n) is 18.0. The first-order valence-corrected chi connectivity index (χ1v) is 10.7. The minimum atomic E-state index is -0.0439. The number of benzene rings is 1. The predicted octanol–water partition coefficient (Wildman–Crippen LogP) is 4.16. The average molecular weight is 407 g/mol. The number of nitrogens with one attached hydrogen (secondary N) is 2. The SMILES string of the molecule is CCN(c1cccc2c(NCc3c(C)cc(C)[nH]c3=O)nccc12)C1CCOCC1. The highest BCUT2D eigenvalue weighted by Crippen LogP contribution is 2.33. The Balaban J connectivity index is 1.66. The van der Waals surface area contributed by atoms with Gasteiger partial charge in [-0.3, -0.25) is 4.79 Å². The molecule has 2 N–H and O–H groups in total. The highest BCUT2D eigenvalue weighted by atomic mass is 16.5. The molecule has 0 aliphatic carbocycles. The molecule has 3 aromatic rings. The van der Waals surface area contributed by atoms with Gasteiger partial charge in [-0.15, -0.1) is 0 Å². The fraction of sp³-hybridized carbons (Fsp3) is 0.417. The molecule has 1 aliphatic heterocycles. The van der Waals surface area contributed by atoms with E-state index in [9.17, 15) is 4.79 Å². The molecule has 3 heterocycles. The van der Waals surface area contributed by atoms with Crippen molar-refractivity contribution in [3.8, 4) is 0 Å². The van der Waals surface area contributed by atoms with Crippen molar-refractivity contribution in [2.45, 2.75) is 46.2 Å². The van der Waals surface area contributed by atoms with Gasteiger partial charge in [0.1, 0.15) is 5.82 Å². The second-order valence-electron chi connectivity index (χ2n) is 7.96. The minimum Gasteiger partial charge on any atom is -0.381 e. The molecule has 30 heavy (non-hydrogen) atoms. The van der Waals surface area contributed by atoms with Crippen molar-refractivity contribution >= 4 is 22.3 Å².